The predicted octanol–water partition coefficient (Wildman–Crippen LogP) is 2.90. The summed E-state index contributed by atoms with van der Waals surface area (Å²) >= 11 is 1.36. The van der Waals surface area contributed by atoms with E-state index >= 15 is 0 Å². The van der Waals surface area contributed by atoms with Gasteiger partial charge in [0.25, 0.3) is 0 Å². The molecule has 2 N–H and O–H groups in total. The Morgan fingerprint density at radius 1 is 1.16 bits per heavy atom. The van der Waals surface area contributed by atoms with E-state index in [1.807, 2.05) is 31.2 Å². The molecule has 3 aromatic heterocycles. The molecule has 0 bridgehead atoms. The Bertz CT molecular complexity index is 992. The first kappa shape index (κ1) is 15.5. The van der Waals surface area contributed by atoms with Gasteiger partial charge in [0.05, 0.1) is 12.0 Å². The quantitative estimate of drug-likeness (QED) is 0.430. The molecule has 8 nitrogen and oxygen atoms in total. The lowest BCUT2D eigenvalue weighted by Crippen LogP contribution is -2.11. The first-order valence-electron chi connectivity index (χ1n) is 7.48. The highest BCUT2D eigenvalue weighted by Crippen LogP contribution is 2.25. The van der Waals surface area contributed by atoms with Crippen molar-refractivity contribution in [2.75, 3.05) is 5.84 Å². The molecule has 0 amide bonds. The zero-order valence-corrected chi connectivity index (χ0v) is 14.1. The summed E-state index contributed by atoms with van der Waals surface area (Å²) in [6.07, 6.45) is 1.56. The molecule has 0 radical (unpaired) electrons. The molecule has 126 valence electrons. The Balaban J connectivity index is 1.49. The molecule has 0 spiro atoms. The number of hydrogen-bond acceptors (Lipinski definition) is 8. The lowest BCUT2D eigenvalue weighted by Gasteiger charge is -2.00. The second-order valence-corrected chi connectivity index (χ2v) is 6.21. The van der Waals surface area contributed by atoms with E-state index in [4.69, 9.17) is 14.8 Å². The molecule has 0 fully saturated rings. The van der Waals surface area contributed by atoms with Gasteiger partial charge in [-0.05, 0) is 24.6 Å². The van der Waals surface area contributed by atoms with Gasteiger partial charge >= 0.3 is 0 Å². The molecule has 0 aliphatic carbocycles. The molecule has 25 heavy (non-hydrogen) atoms. The average Bonchev–Trinajstić information content (AvgIpc) is 3.34. The van der Waals surface area contributed by atoms with Crippen LogP contribution in [0.4, 0.5) is 0 Å². The van der Waals surface area contributed by atoms with Crippen LogP contribution in [0.1, 0.15) is 11.5 Å². The minimum Gasteiger partial charge on any atom is -0.461 e. The fourth-order valence-corrected chi connectivity index (χ4v) is 3.02. The normalized spacial score (nSPS) is 11.1. The molecule has 0 aliphatic rings. The Morgan fingerprint density at radius 2 is 2.04 bits per heavy atom. The van der Waals surface area contributed by atoms with Crippen LogP contribution in [0.5, 0.6) is 0 Å². The van der Waals surface area contributed by atoms with Gasteiger partial charge in [0, 0.05) is 5.56 Å². The van der Waals surface area contributed by atoms with Gasteiger partial charge in [-0.25, -0.2) is 4.68 Å². The number of nitrogens with zero attached hydrogens (tertiary/aromatic N) is 5. The van der Waals surface area contributed by atoms with Crippen LogP contribution < -0.4 is 5.84 Å². The van der Waals surface area contributed by atoms with Gasteiger partial charge < -0.3 is 14.8 Å². The van der Waals surface area contributed by atoms with E-state index < -0.39 is 0 Å². The second-order valence-electron chi connectivity index (χ2n) is 5.27. The standard InChI is InChI=1S/C16H14N6O2S/c1-10-5-2-3-6-11(10)14-18-13(24-21-14)9-25-16-20-19-15(22(16)17)12-7-4-8-23-12/h2-8H,9,17H2,1H3. The Hall–Kier alpha value is -3.07. The number of rotatable bonds is 5. The maximum Gasteiger partial charge on any atom is 0.237 e. The van der Waals surface area contributed by atoms with Crippen LogP contribution in [0.15, 0.2) is 56.8 Å². The molecular weight excluding hydrogens is 340 g/mol. The smallest absolute Gasteiger partial charge is 0.237 e. The van der Waals surface area contributed by atoms with Gasteiger partial charge in [0.1, 0.15) is 0 Å². The van der Waals surface area contributed by atoms with Crippen LogP contribution >= 0.6 is 11.8 Å². The average molecular weight is 354 g/mol. The van der Waals surface area contributed by atoms with Crippen LogP contribution in [0.3, 0.4) is 0 Å². The topological polar surface area (TPSA) is 109 Å². The van der Waals surface area contributed by atoms with E-state index in [2.05, 4.69) is 20.3 Å². The largest absolute Gasteiger partial charge is 0.461 e. The number of benzene rings is 1. The minimum absolute atomic E-state index is 0.437. The Kier molecular flexibility index (Phi) is 3.98. The maximum atomic E-state index is 6.02. The molecule has 4 aromatic rings. The van der Waals surface area contributed by atoms with Gasteiger partial charge in [-0.15, -0.1) is 10.2 Å². The fourth-order valence-electron chi connectivity index (χ4n) is 2.32. The van der Waals surface area contributed by atoms with Crippen LogP contribution in [-0.4, -0.2) is 25.0 Å². The van der Waals surface area contributed by atoms with Crippen LogP contribution in [-0.2, 0) is 5.75 Å². The van der Waals surface area contributed by atoms with Crippen LogP contribution in [0.2, 0.25) is 0 Å². The zero-order chi connectivity index (χ0) is 17.2. The summed E-state index contributed by atoms with van der Waals surface area (Å²) in [5.41, 5.74) is 2.04. The molecule has 0 saturated heterocycles. The molecule has 0 atom stereocenters. The number of thioether (sulfide) groups is 1. The summed E-state index contributed by atoms with van der Waals surface area (Å²) < 4.78 is 12.0. The molecule has 0 unspecified atom stereocenters. The van der Waals surface area contributed by atoms with Crippen molar-refractivity contribution < 1.29 is 8.94 Å². The van der Waals surface area contributed by atoms with E-state index in [9.17, 15) is 0 Å². The molecule has 1 aromatic carbocycles. The lowest BCUT2D eigenvalue weighted by atomic mass is 10.1. The first-order valence-corrected chi connectivity index (χ1v) is 8.46. The van der Waals surface area contributed by atoms with E-state index in [0.717, 1.165) is 11.1 Å². The summed E-state index contributed by atoms with van der Waals surface area (Å²) in [7, 11) is 0. The van der Waals surface area contributed by atoms with Gasteiger partial charge in [-0.1, -0.05) is 41.2 Å². The SMILES string of the molecule is Cc1ccccc1-c1noc(CSc2nnc(-c3ccco3)n2N)n1. The number of nitrogens with two attached hydrogens (primary N) is 1. The number of hydrogen-bond donors (Lipinski definition) is 1. The molecule has 0 aliphatic heterocycles. The third-order valence-corrected chi connectivity index (χ3v) is 4.51. The highest BCUT2D eigenvalue weighted by molar-refractivity contribution is 7.98. The van der Waals surface area contributed by atoms with E-state index in [0.29, 0.717) is 34.2 Å². The summed E-state index contributed by atoms with van der Waals surface area (Å²) in [5.74, 6) is 8.53. The third kappa shape index (κ3) is 3.01. The maximum absolute atomic E-state index is 6.02. The van der Waals surface area contributed by atoms with Crippen molar-refractivity contribution >= 4 is 11.8 Å². The van der Waals surface area contributed by atoms with Gasteiger partial charge in [-0.2, -0.15) is 4.98 Å². The van der Waals surface area contributed by atoms with Crippen molar-refractivity contribution in [2.45, 2.75) is 17.8 Å². The monoisotopic (exact) mass is 354 g/mol. The number of furan rings is 1. The van der Waals surface area contributed by atoms with Crippen LogP contribution in [0.25, 0.3) is 23.0 Å². The van der Waals surface area contributed by atoms with Crippen molar-refractivity contribution in [1.82, 2.24) is 25.0 Å². The van der Waals surface area contributed by atoms with E-state index in [1.165, 1.54) is 16.4 Å². The molecular formula is C16H14N6O2S. The highest BCUT2D eigenvalue weighted by atomic mass is 32.2. The van der Waals surface area contributed by atoms with Gasteiger partial charge in [0.15, 0.2) is 5.76 Å². The van der Waals surface area contributed by atoms with Crippen molar-refractivity contribution in [3.05, 3.63) is 54.1 Å². The second kappa shape index (κ2) is 6.44. The molecule has 3 heterocycles. The Morgan fingerprint density at radius 3 is 2.84 bits per heavy atom. The van der Waals surface area contributed by atoms with Crippen molar-refractivity contribution in [1.29, 1.82) is 0 Å². The highest BCUT2D eigenvalue weighted by Gasteiger charge is 2.16. The molecule has 4 rings (SSSR count). The van der Waals surface area contributed by atoms with Gasteiger partial charge in [-0.3, -0.25) is 0 Å². The summed E-state index contributed by atoms with van der Waals surface area (Å²) in [4.78, 5) is 4.43. The number of aromatic nitrogens is 5. The number of nitrogen functional groups attached to an aromatic ring is 1. The zero-order valence-electron chi connectivity index (χ0n) is 13.3. The van der Waals surface area contributed by atoms with Crippen molar-refractivity contribution in [3.63, 3.8) is 0 Å². The Labute approximate surface area is 147 Å². The summed E-state index contributed by atoms with van der Waals surface area (Å²) in [6.45, 7) is 2.01. The summed E-state index contributed by atoms with van der Waals surface area (Å²) in [6, 6.07) is 11.4. The lowest BCUT2D eigenvalue weighted by molar-refractivity contribution is 0.391. The number of aryl methyl sites for hydroxylation is 1. The van der Waals surface area contributed by atoms with Gasteiger partial charge in [0.2, 0.25) is 22.7 Å². The minimum atomic E-state index is 0.437. The molecule has 0 saturated carbocycles. The third-order valence-electron chi connectivity index (χ3n) is 3.58. The first-order chi connectivity index (χ1) is 12.2. The van der Waals surface area contributed by atoms with E-state index in [1.54, 1.807) is 18.4 Å². The van der Waals surface area contributed by atoms with Crippen molar-refractivity contribution in [2.24, 2.45) is 0 Å². The van der Waals surface area contributed by atoms with Crippen molar-refractivity contribution in [3.8, 4) is 23.0 Å². The fraction of sp³-hybridized carbons (Fsp3) is 0.125. The van der Waals surface area contributed by atoms with E-state index in [-0.39, 0.29) is 0 Å². The summed E-state index contributed by atoms with van der Waals surface area (Å²) in [5, 5.41) is 12.7. The van der Waals surface area contributed by atoms with Crippen LogP contribution in [0, 0.1) is 6.92 Å². The molecule has 9 heteroatoms. The predicted molar refractivity (Wildman–Crippen MR) is 91.9 cm³/mol.